The zero-order valence-electron chi connectivity index (χ0n) is 27.1. The van der Waals surface area contributed by atoms with Gasteiger partial charge in [0.1, 0.15) is 0 Å². The van der Waals surface area contributed by atoms with Crippen molar-refractivity contribution in [1.29, 1.82) is 0 Å². The van der Waals surface area contributed by atoms with Crippen LogP contribution in [-0.4, -0.2) is 66.6 Å². The fraction of sp³-hybridized carbons (Fsp3) is 0.472. The molecule has 9 heteroatoms. The zero-order valence-corrected chi connectivity index (χ0v) is 27.1. The third-order valence-electron chi connectivity index (χ3n) is 9.11. The van der Waals surface area contributed by atoms with Gasteiger partial charge in [-0.1, -0.05) is 24.3 Å². The van der Waals surface area contributed by atoms with Crippen LogP contribution in [0.25, 0.3) is 11.1 Å². The highest BCUT2D eigenvalue weighted by atomic mass is 16.5. The third kappa shape index (κ3) is 8.41. The summed E-state index contributed by atoms with van der Waals surface area (Å²) in [7, 11) is 0. The highest BCUT2D eigenvalue weighted by Gasteiger charge is 2.27. The SMILES string of the molecule is CCN(c1cc(C(=O)NCc2c(C)cc(C)[nH]c2=O)cc(-c2ccc(CN3CCOCC3)cc2)c1)C1CCC(NC(C)=O)CC1. The van der Waals surface area contributed by atoms with Gasteiger partial charge >= 0.3 is 0 Å². The van der Waals surface area contributed by atoms with Crippen LogP contribution in [0.1, 0.15) is 72.3 Å². The number of aromatic amines is 1. The second-order valence-electron chi connectivity index (χ2n) is 12.5. The normalized spacial score (nSPS) is 18.8. The van der Waals surface area contributed by atoms with Gasteiger partial charge in [-0.05, 0) is 93.0 Å². The Balaban J connectivity index is 1.41. The number of ether oxygens (including phenoxy) is 1. The van der Waals surface area contributed by atoms with E-state index in [9.17, 15) is 14.4 Å². The number of amides is 2. The number of aryl methyl sites for hydroxylation is 2. The Morgan fingerprint density at radius 1 is 0.978 bits per heavy atom. The standard InChI is InChI=1S/C36H47N5O4/c1-5-41(32-12-10-31(11-13-32)39-26(4)42)33-20-29(28-8-6-27(7-9-28)23-40-14-16-45-17-15-40)19-30(21-33)35(43)37-22-34-24(2)18-25(3)38-36(34)44/h6-9,18-21,31-32H,5,10-17,22-23H2,1-4H3,(H,37,43)(H,38,44)(H,39,42). The van der Waals surface area contributed by atoms with Crippen molar-refractivity contribution >= 4 is 17.5 Å². The van der Waals surface area contributed by atoms with Gasteiger partial charge in [-0.25, -0.2) is 0 Å². The van der Waals surface area contributed by atoms with Crippen LogP contribution in [0.5, 0.6) is 0 Å². The predicted molar refractivity (Wildman–Crippen MR) is 179 cm³/mol. The average Bonchev–Trinajstić information content (AvgIpc) is 3.02. The molecule has 1 aromatic heterocycles. The lowest BCUT2D eigenvalue weighted by Crippen LogP contribution is -2.43. The van der Waals surface area contributed by atoms with Gasteiger partial charge in [-0.15, -0.1) is 0 Å². The molecule has 2 amide bonds. The van der Waals surface area contributed by atoms with Crippen LogP contribution in [0.4, 0.5) is 5.69 Å². The lowest BCUT2D eigenvalue weighted by molar-refractivity contribution is -0.119. The van der Waals surface area contributed by atoms with Gasteiger partial charge in [0, 0.05) is 74.2 Å². The van der Waals surface area contributed by atoms with Crippen molar-refractivity contribution in [2.75, 3.05) is 37.7 Å². The van der Waals surface area contributed by atoms with Crippen LogP contribution in [0.2, 0.25) is 0 Å². The first-order valence-electron chi connectivity index (χ1n) is 16.3. The molecule has 5 rings (SSSR count). The number of anilines is 1. The van der Waals surface area contributed by atoms with Crippen molar-refractivity contribution < 1.29 is 14.3 Å². The van der Waals surface area contributed by atoms with Crippen LogP contribution >= 0.6 is 0 Å². The molecule has 1 saturated heterocycles. The maximum atomic E-state index is 13.7. The number of morpholine rings is 1. The molecule has 3 aromatic rings. The lowest BCUT2D eigenvalue weighted by Gasteiger charge is -2.38. The van der Waals surface area contributed by atoms with Crippen LogP contribution < -0.4 is 21.1 Å². The quantitative estimate of drug-likeness (QED) is 0.306. The van der Waals surface area contributed by atoms with E-state index in [4.69, 9.17) is 4.74 Å². The minimum Gasteiger partial charge on any atom is -0.379 e. The molecule has 45 heavy (non-hydrogen) atoms. The van der Waals surface area contributed by atoms with Crippen molar-refractivity contribution in [3.05, 3.63) is 86.8 Å². The summed E-state index contributed by atoms with van der Waals surface area (Å²) < 4.78 is 5.50. The highest BCUT2D eigenvalue weighted by molar-refractivity contribution is 5.97. The number of carbonyl (C=O) groups is 2. The number of rotatable bonds is 10. The fourth-order valence-corrected chi connectivity index (χ4v) is 6.74. The van der Waals surface area contributed by atoms with E-state index in [1.165, 1.54) is 5.56 Å². The number of nitrogens with one attached hydrogen (secondary N) is 3. The molecule has 0 radical (unpaired) electrons. The van der Waals surface area contributed by atoms with Crippen LogP contribution in [0.3, 0.4) is 0 Å². The molecule has 2 aliphatic rings. The van der Waals surface area contributed by atoms with Crippen molar-refractivity contribution in [2.24, 2.45) is 0 Å². The maximum Gasteiger partial charge on any atom is 0.253 e. The molecule has 2 fully saturated rings. The van der Waals surface area contributed by atoms with E-state index in [0.29, 0.717) is 17.2 Å². The Hall–Kier alpha value is -3.95. The van der Waals surface area contributed by atoms with E-state index < -0.39 is 0 Å². The monoisotopic (exact) mass is 613 g/mol. The summed E-state index contributed by atoms with van der Waals surface area (Å²) >= 11 is 0. The Morgan fingerprint density at radius 2 is 1.69 bits per heavy atom. The van der Waals surface area contributed by atoms with Crippen LogP contribution in [-0.2, 0) is 22.6 Å². The summed E-state index contributed by atoms with van der Waals surface area (Å²) in [6, 6.07) is 17.2. The lowest BCUT2D eigenvalue weighted by atomic mass is 9.89. The first-order valence-corrected chi connectivity index (χ1v) is 16.3. The summed E-state index contributed by atoms with van der Waals surface area (Å²) in [5.41, 5.74) is 6.88. The van der Waals surface area contributed by atoms with E-state index in [-0.39, 0.29) is 30.0 Å². The summed E-state index contributed by atoms with van der Waals surface area (Å²) in [5, 5.41) is 6.08. The van der Waals surface area contributed by atoms with E-state index in [1.807, 2.05) is 32.0 Å². The van der Waals surface area contributed by atoms with Gasteiger partial charge in [-0.2, -0.15) is 0 Å². The van der Waals surface area contributed by atoms with E-state index in [0.717, 1.165) is 93.1 Å². The average molecular weight is 614 g/mol. The summed E-state index contributed by atoms with van der Waals surface area (Å²) in [4.78, 5) is 45.5. The summed E-state index contributed by atoms with van der Waals surface area (Å²) in [6.07, 6.45) is 3.80. The second-order valence-corrected chi connectivity index (χ2v) is 12.5. The highest BCUT2D eigenvalue weighted by Crippen LogP contribution is 2.32. The number of hydrogen-bond acceptors (Lipinski definition) is 6. The third-order valence-corrected chi connectivity index (χ3v) is 9.11. The Bertz CT molecular complexity index is 1540. The number of carbonyl (C=O) groups excluding carboxylic acids is 2. The molecular weight excluding hydrogens is 566 g/mol. The number of nitrogens with zero attached hydrogens (tertiary/aromatic N) is 2. The van der Waals surface area contributed by atoms with Gasteiger partial charge in [-0.3, -0.25) is 19.3 Å². The molecule has 0 unspecified atom stereocenters. The molecule has 2 heterocycles. The van der Waals surface area contributed by atoms with Crippen LogP contribution in [0, 0.1) is 13.8 Å². The van der Waals surface area contributed by atoms with Gasteiger partial charge in [0.2, 0.25) is 5.91 Å². The van der Waals surface area contributed by atoms with Gasteiger partial charge < -0.3 is 25.3 Å². The number of H-pyrrole nitrogens is 1. The minimum absolute atomic E-state index is 0.0212. The molecule has 1 aliphatic carbocycles. The van der Waals surface area contributed by atoms with E-state index in [2.05, 4.69) is 62.7 Å². The Kier molecular flexibility index (Phi) is 10.7. The summed E-state index contributed by atoms with van der Waals surface area (Å²) in [5.74, 6) is -0.195. The van der Waals surface area contributed by atoms with Crippen LogP contribution in [0.15, 0.2) is 53.3 Å². The van der Waals surface area contributed by atoms with E-state index in [1.54, 1.807) is 6.92 Å². The number of benzene rings is 2. The molecule has 2 aromatic carbocycles. The molecular formula is C36H47N5O4. The fourth-order valence-electron chi connectivity index (χ4n) is 6.74. The Labute approximate surface area is 266 Å². The largest absolute Gasteiger partial charge is 0.379 e. The molecule has 240 valence electrons. The first kappa shape index (κ1) is 32.4. The van der Waals surface area contributed by atoms with Gasteiger partial charge in [0.05, 0.1) is 13.2 Å². The summed E-state index contributed by atoms with van der Waals surface area (Å²) in [6.45, 7) is 12.7. The smallest absolute Gasteiger partial charge is 0.253 e. The molecule has 1 aliphatic heterocycles. The number of aromatic nitrogens is 1. The zero-order chi connectivity index (χ0) is 31.9. The number of hydrogen-bond donors (Lipinski definition) is 3. The molecule has 0 atom stereocenters. The predicted octanol–water partition coefficient (Wildman–Crippen LogP) is 4.69. The van der Waals surface area contributed by atoms with Crippen molar-refractivity contribution in [1.82, 2.24) is 20.5 Å². The molecule has 9 nitrogen and oxygen atoms in total. The van der Waals surface area contributed by atoms with Crippen molar-refractivity contribution in [2.45, 2.75) is 78.6 Å². The minimum atomic E-state index is -0.216. The topological polar surface area (TPSA) is 107 Å². The molecule has 0 bridgehead atoms. The van der Waals surface area contributed by atoms with Crippen molar-refractivity contribution in [3.63, 3.8) is 0 Å². The Morgan fingerprint density at radius 3 is 2.33 bits per heavy atom. The van der Waals surface area contributed by atoms with Gasteiger partial charge in [0.25, 0.3) is 11.5 Å². The first-order chi connectivity index (χ1) is 21.7. The number of pyridine rings is 1. The van der Waals surface area contributed by atoms with Gasteiger partial charge in [0.15, 0.2) is 0 Å². The molecule has 1 saturated carbocycles. The van der Waals surface area contributed by atoms with E-state index >= 15 is 0 Å². The maximum absolute atomic E-state index is 13.7. The molecule has 0 spiro atoms. The van der Waals surface area contributed by atoms with Crippen molar-refractivity contribution in [3.8, 4) is 11.1 Å². The second kappa shape index (κ2) is 14.9. The molecule has 3 N–H and O–H groups in total.